The summed E-state index contributed by atoms with van der Waals surface area (Å²) in [5, 5.41) is 9.75. The summed E-state index contributed by atoms with van der Waals surface area (Å²) in [6.07, 6.45) is 12.5. The summed E-state index contributed by atoms with van der Waals surface area (Å²) in [4.78, 5) is 24.3. The van der Waals surface area contributed by atoms with Gasteiger partial charge in [0, 0.05) is 12.8 Å². The van der Waals surface area contributed by atoms with Gasteiger partial charge in [0.2, 0.25) is 0 Å². The molecule has 0 saturated heterocycles. The molecule has 0 unspecified atom stereocenters. The fraction of sp³-hybridized carbons (Fsp3) is 0.920. The molecule has 0 atom stereocenters. The minimum absolute atomic E-state index is 0.0812. The van der Waals surface area contributed by atoms with Crippen LogP contribution in [0.2, 0.25) is 0 Å². The monoisotopic (exact) mass is 424 g/mol. The molecule has 0 aromatic heterocycles. The number of carbonyl (C=O) groups is 2. The topological polar surface area (TPSA) is 72.8 Å². The van der Waals surface area contributed by atoms with E-state index < -0.39 is 5.41 Å². The highest BCUT2D eigenvalue weighted by Crippen LogP contribution is 2.32. The largest absolute Gasteiger partial charge is 0.465 e. The van der Waals surface area contributed by atoms with Gasteiger partial charge in [-0.25, -0.2) is 0 Å². The smallest absolute Gasteiger partial charge is 0.305 e. The van der Waals surface area contributed by atoms with Crippen molar-refractivity contribution in [2.24, 2.45) is 29.1 Å². The summed E-state index contributed by atoms with van der Waals surface area (Å²) in [6.45, 7) is 6.36. The number of hydrogen-bond acceptors (Lipinski definition) is 5. The fourth-order valence-corrected chi connectivity index (χ4v) is 4.67. The van der Waals surface area contributed by atoms with E-state index in [2.05, 4.69) is 13.8 Å². The van der Waals surface area contributed by atoms with Gasteiger partial charge in [-0.1, -0.05) is 72.1 Å². The number of aliphatic hydroxyl groups excluding tert-OH is 1. The normalized spacial score (nSPS) is 29.1. The minimum Gasteiger partial charge on any atom is -0.465 e. The van der Waals surface area contributed by atoms with Gasteiger partial charge in [0.15, 0.2) is 0 Å². The van der Waals surface area contributed by atoms with Gasteiger partial charge in [0.05, 0.1) is 12.0 Å². The van der Waals surface area contributed by atoms with E-state index in [-0.39, 0.29) is 31.8 Å². The molecule has 5 heteroatoms. The molecule has 2 saturated carbocycles. The Morgan fingerprint density at radius 1 is 0.767 bits per heavy atom. The Hall–Kier alpha value is -1.10. The molecule has 0 bridgehead atoms. The maximum Gasteiger partial charge on any atom is 0.305 e. The van der Waals surface area contributed by atoms with E-state index in [9.17, 15) is 14.7 Å². The quantitative estimate of drug-likeness (QED) is 0.457. The summed E-state index contributed by atoms with van der Waals surface area (Å²) in [6, 6.07) is 0. The first-order chi connectivity index (χ1) is 14.3. The van der Waals surface area contributed by atoms with Gasteiger partial charge in [-0.3, -0.25) is 9.59 Å². The molecule has 2 rings (SSSR count). The molecule has 174 valence electrons. The predicted molar refractivity (Wildman–Crippen MR) is 118 cm³/mol. The van der Waals surface area contributed by atoms with Crippen LogP contribution in [0.3, 0.4) is 0 Å². The van der Waals surface area contributed by atoms with Crippen LogP contribution in [-0.4, -0.2) is 36.9 Å². The van der Waals surface area contributed by atoms with Crippen molar-refractivity contribution >= 4 is 11.9 Å². The maximum atomic E-state index is 12.1. The highest BCUT2D eigenvalue weighted by atomic mass is 16.5. The zero-order valence-electron chi connectivity index (χ0n) is 19.5. The van der Waals surface area contributed by atoms with Gasteiger partial charge in [-0.05, 0) is 36.5 Å². The minimum atomic E-state index is -0.744. The van der Waals surface area contributed by atoms with Crippen LogP contribution in [0.1, 0.15) is 97.8 Å². The lowest BCUT2D eigenvalue weighted by Crippen LogP contribution is -2.35. The van der Waals surface area contributed by atoms with Gasteiger partial charge in [0.1, 0.15) is 13.2 Å². The molecule has 0 aromatic carbocycles. The van der Waals surface area contributed by atoms with Gasteiger partial charge in [-0.2, -0.15) is 0 Å². The SMILES string of the molecule is CC1CCC(CCC(=O)OCC(C)(CO)COC(=O)CCC2CCC(C)CC2)CC1. The molecule has 0 aromatic rings. The second-order valence-electron chi connectivity index (χ2n) is 10.6. The maximum absolute atomic E-state index is 12.1. The molecule has 0 heterocycles. The third-order valence-electron chi connectivity index (χ3n) is 7.33. The summed E-state index contributed by atoms with van der Waals surface area (Å²) in [5.41, 5.74) is -0.744. The van der Waals surface area contributed by atoms with Crippen LogP contribution in [0.25, 0.3) is 0 Å². The Labute approximate surface area is 183 Å². The molecule has 0 aliphatic heterocycles. The first kappa shape index (κ1) is 25.2. The van der Waals surface area contributed by atoms with Crippen molar-refractivity contribution in [3.8, 4) is 0 Å². The third-order valence-corrected chi connectivity index (χ3v) is 7.33. The van der Waals surface area contributed by atoms with E-state index in [0.717, 1.165) is 24.7 Å². The number of rotatable bonds is 11. The zero-order chi connectivity index (χ0) is 22.0. The molecule has 0 amide bonds. The second-order valence-corrected chi connectivity index (χ2v) is 10.6. The van der Waals surface area contributed by atoms with Gasteiger partial charge in [0.25, 0.3) is 0 Å². The first-order valence-corrected chi connectivity index (χ1v) is 12.2. The molecule has 30 heavy (non-hydrogen) atoms. The molecule has 1 N–H and O–H groups in total. The van der Waals surface area contributed by atoms with Crippen LogP contribution >= 0.6 is 0 Å². The average Bonchev–Trinajstić information content (AvgIpc) is 2.75. The molecule has 0 radical (unpaired) electrons. The van der Waals surface area contributed by atoms with Crippen LogP contribution in [-0.2, 0) is 19.1 Å². The zero-order valence-corrected chi connectivity index (χ0v) is 19.5. The summed E-state index contributed by atoms with van der Waals surface area (Å²) in [5.74, 6) is 2.45. The van der Waals surface area contributed by atoms with Gasteiger partial charge < -0.3 is 14.6 Å². The molecular formula is C25H44O5. The van der Waals surface area contributed by atoms with E-state index >= 15 is 0 Å². The van der Waals surface area contributed by atoms with E-state index in [1.807, 2.05) is 0 Å². The Balaban J connectivity index is 1.60. The Morgan fingerprint density at radius 3 is 1.47 bits per heavy atom. The number of hydrogen-bond donors (Lipinski definition) is 1. The molecule has 2 aliphatic rings. The highest BCUT2D eigenvalue weighted by molar-refractivity contribution is 5.70. The van der Waals surface area contributed by atoms with Crippen molar-refractivity contribution < 1.29 is 24.2 Å². The summed E-state index contributed by atoms with van der Waals surface area (Å²) >= 11 is 0. The standard InChI is InChI=1S/C25H44O5/c1-19-4-8-21(9-5-19)12-14-23(27)29-17-25(3,16-26)18-30-24(28)15-13-22-10-6-20(2)7-11-22/h19-22,26H,4-18H2,1-3H3. The second kappa shape index (κ2) is 12.7. The third kappa shape index (κ3) is 9.36. The Bertz CT molecular complexity index is 474. The van der Waals surface area contributed by atoms with Crippen molar-refractivity contribution in [3.63, 3.8) is 0 Å². The number of esters is 2. The van der Waals surface area contributed by atoms with Crippen molar-refractivity contribution in [1.82, 2.24) is 0 Å². The van der Waals surface area contributed by atoms with Crippen molar-refractivity contribution in [3.05, 3.63) is 0 Å². The van der Waals surface area contributed by atoms with Crippen LogP contribution in [0.4, 0.5) is 0 Å². The lowest BCUT2D eigenvalue weighted by Gasteiger charge is -2.28. The summed E-state index contributed by atoms with van der Waals surface area (Å²) in [7, 11) is 0. The number of carbonyl (C=O) groups excluding carboxylic acids is 2. The number of aliphatic hydroxyl groups is 1. The van der Waals surface area contributed by atoms with Crippen LogP contribution < -0.4 is 0 Å². The predicted octanol–water partition coefficient (Wildman–Crippen LogP) is 5.28. The van der Waals surface area contributed by atoms with Crippen LogP contribution in [0.5, 0.6) is 0 Å². The fourth-order valence-electron chi connectivity index (χ4n) is 4.67. The van der Waals surface area contributed by atoms with Crippen LogP contribution in [0, 0.1) is 29.1 Å². The molecular weight excluding hydrogens is 380 g/mol. The average molecular weight is 425 g/mol. The van der Waals surface area contributed by atoms with Crippen molar-refractivity contribution in [2.75, 3.05) is 19.8 Å². The van der Waals surface area contributed by atoms with Crippen molar-refractivity contribution in [1.29, 1.82) is 0 Å². The van der Waals surface area contributed by atoms with E-state index in [0.29, 0.717) is 24.7 Å². The van der Waals surface area contributed by atoms with Crippen LogP contribution in [0.15, 0.2) is 0 Å². The molecule has 5 nitrogen and oxygen atoms in total. The molecule has 0 spiro atoms. The lowest BCUT2D eigenvalue weighted by atomic mass is 9.81. The molecule has 2 fully saturated rings. The number of ether oxygens (including phenoxy) is 2. The summed E-state index contributed by atoms with van der Waals surface area (Å²) < 4.78 is 10.8. The van der Waals surface area contributed by atoms with E-state index in [1.165, 1.54) is 51.4 Å². The first-order valence-electron chi connectivity index (χ1n) is 12.2. The van der Waals surface area contributed by atoms with E-state index in [1.54, 1.807) is 6.92 Å². The Kier molecular flexibility index (Phi) is 10.6. The van der Waals surface area contributed by atoms with E-state index in [4.69, 9.17) is 9.47 Å². The van der Waals surface area contributed by atoms with Gasteiger partial charge in [-0.15, -0.1) is 0 Å². The van der Waals surface area contributed by atoms with Gasteiger partial charge >= 0.3 is 11.9 Å². The lowest BCUT2D eigenvalue weighted by molar-refractivity contribution is -0.155. The van der Waals surface area contributed by atoms with Crippen molar-refractivity contribution in [2.45, 2.75) is 97.8 Å². The molecule has 2 aliphatic carbocycles. The Morgan fingerprint density at radius 2 is 1.13 bits per heavy atom. The highest BCUT2D eigenvalue weighted by Gasteiger charge is 2.28.